The average molecular weight is 79.0 g/mol. The smallest absolute Gasteiger partial charge is 0.0699 e. The molecule has 0 aliphatic heterocycles. The van der Waals surface area contributed by atoms with E-state index in [1.165, 1.54) is 0 Å². The summed E-state index contributed by atoms with van der Waals surface area (Å²) in [6.45, 7) is 0. The molecular formula is C3H4BSi. The Balaban J connectivity index is 2.20. The largest absolute Gasteiger partial charge is 0.0776 e. The normalized spacial score (nSPS) is 49.0. The molecule has 0 aromatic heterocycles. The average Bonchev–Trinajstić information content (AvgIpc) is 1.79. The third-order valence-corrected chi connectivity index (χ3v) is 1.50. The zero-order valence-corrected chi connectivity index (χ0v) is 3.94. The Morgan fingerprint density at radius 1 is 1.80 bits per heavy atom. The first-order valence-corrected chi connectivity index (χ1v) is 2.35. The number of hydrogen-bond donors (Lipinski definition) is 0. The van der Waals surface area contributed by atoms with Gasteiger partial charge < -0.3 is 0 Å². The van der Waals surface area contributed by atoms with Crippen molar-refractivity contribution in [3.05, 3.63) is 0 Å². The quantitative estimate of drug-likeness (QED) is 0.366. The highest BCUT2D eigenvalue weighted by Crippen LogP contribution is 2.44. The molecule has 5 heavy (non-hydrogen) atoms. The molecule has 0 aromatic carbocycles. The zero-order valence-electron chi connectivity index (χ0n) is 2.94. The van der Waals surface area contributed by atoms with Crippen LogP contribution in [-0.4, -0.2) is 18.1 Å². The van der Waals surface area contributed by atoms with E-state index in [2.05, 4.69) is 10.2 Å². The highest BCUT2D eigenvalue weighted by atomic mass is 28.1. The highest BCUT2D eigenvalue weighted by Gasteiger charge is 2.25. The molecule has 1 aliphatic carbocycles. The number of hydrogen-bond acceptors (Lipinski definition) is 0. The van der Waals surface area contributed by atoms with Gasteiger partial charge in [-0.25, -0.2) is 0 Å². The molecule has 0 saturated heterocycles. The third-order valence-electron chi connectivity index (χ3n) is 0.840. The summed E-state index contributed by atoms with van der Waals surface area (Å²) in [6, 6.07) is 0. The molecule has 2 atom stereocenters. The Morgan fingerprint density at radius 3 is 2.00 bits per heavy atom. The van der Waals surface area contributed by atoms with E-state index in [9.17, 15) is 0 Å². The van der Waals surface area contributed by atoms with E-state index >= 15 is 0 Å². The Hall–Kier alpha value is 0.282. The molecule has 5 radical (unpaired) electrons. The van der Waals surface area contributed by atoms with Crippen LogP contribution in [-0.2, 0) is 0 Å². The van der Waals surface area contributed by atoms with Gasteiger partial charge in [-0.2, -0.15) is 0 Å². The molecular weight excluding hydrogens is 74.9 g/mol. The van der Waals surface area contributed by atoms with Crippen molar-refractivity contribution in [1.82, 2.24) is 0 Å². The zero-order chi connectivity index (χ0) is 3.86. The van der Waals surface area contributed by atoms with Crippen molar-refractivity contribution in [2.45, 2.75) is 17.8 Å². The van der Waals surface area contributed by atoms with Crippen LogP contribution in [0.3, 0.4) is 0 Å². The summed E-state index contributed by atoms with van der Waals surface area (Å²) in [6.07, 6.45) is 1.16. The molecule has 0 spiro atoms. The summed E-state index contributed by atoms with van der Waals surface area (Å²) in [5.41, 5.74) is 0.634. The van der Waals surface area contributed by atoms with Crippen molar-refractivity contribution in [2.24, 2.45) is 0 Å². The van der Waals surface area contributed by atoms with Gasteiger partial charge in [-0.1, -0.05) is 17.8 Å². The minimum atomic E-state index is 0.465. The van der Waals surface area contributed by atoms with E-state index in [-0.39, 0.29) is 0 Å². The van der Waals surface area contributed by atoms with E-state index in [0.29, 0.717) is 11.4 Å². The Labute approximate surface area is 36.8 Å². The summed E-state index contributed by atoms with van der Waals surface area (Å²) in [5.74, 6) is 0.465. The van der Waals surface area contributed by atoms with Gasteiger partial charge in [-0.15, -0.1) is 0 Å². The summed E-state index contributed by atoms with van der Waals surface area (Å²) < 4.78 is 0. The first-order chi connectivity index (χ1) is 2.30. The van der Waals surface area contributed by atoms with Gasteiger partial charge in [-0.3, -0.25) is 0 Å². The van der Waals surface area contributed by atoms with Gasteiger partial charge in [0.05, 0.1) is 7.85 Å². The fourth-order valence-corrected chi connectivity index (χ4v) is 0.487. The van der Waals surface area contributed by atoms with Crippen molar-refractivity contribution in [1.29, 1.82) is 0 Å². The van der Waals surface area contributed by atoms with Gasteiger partial charge >= 0.3 is 0 Å². The van der Waals surface area contributed by atoms with Crippen LogP contribution in [0.25, 0.3) is 0 Å². The van der Waals surface area contributed by atoms with Crippen LogP contribution in [0.15, 0.2) is 0 Å². The van der Waals surface area contributed by atoms with Crippen LogP contribution >= 0.6 is 0 Å². The van der Waals surface area contributed by atoms with E-state index < -0.39 is 0 Å². The highest BCUT2D eigenvalue weighted by molar-refractivity contribution is 6.25. The number of rotatable bonds is 0. The maximum atomic E-state index is 5.32. The molecule has 1 fully saturated rings. The molecule has 0 aromatic rings. The summed E-state index contributed by atoms with van der Waals surface area (Å²) in [7, 11) is 8.68. The van der Waals surface area contributed by atoms with Crippen LogP contribution in [0.1, 0.15) is 6.42 Å². The monoisotopic (exact) mass is 79.0 g/mol. The van der Waals surface area contributed by atoms with Crippen LogP contribution in [0.5, 0.6) is 0 Å². The molecule has 1 aliphatic rings. The van der Waals surface area contributed by atoms with Crippen molar-refractivity contribution in [3.8, 4) is 0 Å². The van der Waals surface area contributed by atoms with E-state index in [4.69, 9.17) is 7.85 Å². The maximum absolute atomic E-state index is 5.32. The van der Waals surface area contributed by atoms with Gasteiger partial charge in [0.2, 0.25) is 0 Å². The predicted molar refractivity (Wildman–Crippen MR) is 23.6 cm³/mol. The van der Waals surface area contributed by atoms with Crippen LogP contribution in [0, 0.1) is 0 Å². The van der Waals surface area contributed by atoms with Gasteiger partial charge in [0.15, 0.2) is 0 Å². The van der Waals surface area contributed by atoms with Crippen molar-refractivity contribution in [2.75, 3.05) is 0 Å². The summed E-state index contributed by atoms with van der Waals surface area (Å²) in [4.78, 5) is 0. The van der Waals surface area contributed by atoms with Crippen LogP contribution in [0.2, 0.25) is 11.4 Å². The molecule has 0 nitrogen and oxygen atoms in total. The molecule has 0 N–H and O–H groups in total. The van der Waals surface area contributed by atoms with Crippen LogP contribution in [0.4, 0.5) is 0 Å². The van der Waals surface area contributed by atoms with Gasteiger partial charge in [0.1, 0.15) is 0 Å². The van der Waals surface area contributed by atoms with E-state index in [0.717, 1.165) is 6.42 Å². The lowest BCUT2D eigenvalue weighted by molar-refractivity contribution is 1.46. The summed E-state index contributed by atoms with van der Waals surface area (Å²) in [5, 5.41) is 0. The topological polar surface area (TPSA) is 0 Å². The molecule has 2 heteroatoms. The SMILES string of the molecule is [B]C1CC1[Si]. The van der Waals surface area contributed by atoms with Crippen LogP contribution < -0.4 is 0 Å². The van der Waals surface area contributed by atoms with Crippen molar-refractivity contribution < 1.29 is 0 Å². The van der Waals surface area contributed by atoms with E-state index in [1.807, 2.05) is 0 Å². The molecule has 1 rings (SSSR count). The van der Waals surface area contributed by atoms with Gasteiger partial charge in [0.25, 0.3) is 0 Å². The van der Waals surface area contributed by atoms with Gasteiger partial charge in [-0.05, 0) is 0 Å². The molecule has 23 valence electrons. The molecule has 1 saturated carbocycles. The van der Waals surface area contributed by atoms with Crippen molar-refractivity contribution >= 4 is 18.1 Å². The van der Waals surface area contributed by atoms with E-state index in [1.54, 1.807) is 0 Å². The lowest BCUT2D eigenvalue weighted by Crippen LogP contribution is -1.60. The first kappa shape index (κ1) is 3.47. The minimum Gasteiger partial charge on any atom is -0.0776 e. The maximum Gasteiger partial charge on any atom is 0.0699 e. The lowest BCUT2D eigenvalue weighted by atomic mass is 10.0. The molecule has 0 heterocycles. The Bertz CT molecular complexity index is 40.2. The Morgan fingerprint density at radius 2 is 2.00 bits per heavy atom. The fraction of sp³-hybridized carbons (Fsp3) is 1.00. The van der Waals surface area contributed by atoms with Gasteiger partial charge in [0, 0.05) is 10.2 Å². The second-order valence-electron chi connectivity index (χ2n) is 1.51. The van der Waals surface area contributed by atoms with Crippen molar-refractivity contribution in [3.63, 3.8) is 0 Å². The minimum absolute atomic E-state index is 0.465. The fourth-order valence-electron chi connectivity index (χ4n) is 0.215. The second kappa shape index (κ2) is 0.870. The Kier molecular flexibility index (Phi) is 0.604. The molecule has 0 amide bonds. The summed E-state index contributed by atoms with van der Waals surface area (Å²) >= 11 is 0. The third kappa shape index (κ3) is 0.565. The first-order valence-electron chi connectivity index (χ1n) is 1.77. The predicted octanol–water partition coefficient (Wildman–Crippen LogP) is 0.304. The molecule has 0 bridgehead atoms. The second-order valence-corrected chi connectivity index (χ2v) is 2.25. The molecule has 2 unspecified atom stereocenters. The lowest BCUT2D eigenvalue weighted by Gasteiger charge is -1.65. The standard InChI is InChI=1S/C3H4BSi/c4-2-1-3(2)5/h2-3H,1H2.